The van der Waals surface area contributed by atoms with E-state index >= 15 is 0 Å². The first-order chi connectivity index (χ1) is 13.5. The van der Waals surface area contributed by atoms with Gasteiger partial charge in [0.1, 0.15) is 11.6 Å². The van der Waals surface area contributed by atoms with Crippen molar-refractivity contribution in [2.24, 2.45) is 0 Å². The van der Waals surface area contributed by atoms with Crippen LogP contribution in [-0.2, 0) is 11.3 Å². The highest BCUT2D eigenvalue weighted by Gasteiger charge is 2.20. The van der Waals surface area contributed by atoms with Crippen LogP contribution in [0, 0.1) is 18.3 Å². The molecular weight excluding hydrogens is 348 g/mol. The Kier molecular flexibility index (Phi) is 6.53. The quantitative estimate of drug-likeness (QED) is 0.613. The summed E-state index contributed by atoms with van der Waals surface area (Å²) in [7, 11) is 4.12. The molecule has 0 unspecified atom stereocenters. The summed E-state index contributed by atoms with van der Waals surface area (Å²) in [4.78, 5) is 14.9. The van der Waals surface area contributed by atoms with Crippen LogP contribution in [0.2, 0.25) is 0 Å². The van der Waals surface area contributed by atoms with E-state index in [0.717, 1.165) is 60.9 Å². The minimum Gasteiger partial charge on any atom is -0.349 e. The molecule has 1 saturated carbocycles. The zero-order valence-electron chi connectivity index (χ0n) is 17.2. The second kappa shape index (κ2) is 9.07. The van der Waals surface area contributed by atoms with Crippen LogP contribution in [-0.4, -0.2) is 42.1 Å². The van der Waals surface area contributed by atoms with Crippen LogP contribution in [0.5, 0.6) is 0 Å². The topological polar surface area (TPSA) is 61.1 Å². The van der Waals surface area contributed by atoms with Gasteiger partial charge in [0.2, 0.25) is 0 Å². The van der Waals surface area contributed by atoms with Crippen molar-refractivity contribution in [3.63, 3.8) is 0 Å². The van der Waals surface area contributed by atoms with Crippen molar-refractivity contribution >= 4 is 22.9 Å². The summed E-state index contributed by atoms with van der Waals surface area (Å²) < 4.78 is 2.27. The lowest BCUT2D eigenvalue weighted by atomic mass is 9.95. The fraction of sp³-hybridized carbons (Fsp3) is 0.478. The number of nitrogens with zero attached hydrogens (tertiary/aromatic N) is 3. The minimum absolute atomic E-state index is 0.184. The molecule has 5 nitrogen and oxygen atoms in total. The van der Waals surface area contributed by atoms with Gasteiger partial charge in [0.25, 0.3) is 5.91 Å². The molecule has 1 amide bonds. The van der Waals surface area contributed by atoms with E-state index in [4.69, 9.17) is 0 Å². The molecule has 1 N–H and O–H groups in total. The van der Waals surface area contributed by atoms with Gasteiger partial charge in [-0.05, 0) is 46.0 Å². The number of benzene rings is 1. The summed E-state index contributed by atoms with van der Waals surface area (Å²) in [5, 5.41) is 13.8. The largest absolute Gasteiger partial charge is 0.349 e. The van der Waals surface area contributed by atoms with Gasteiger partial charge in [-0.2, -0.15) is 5.26 Å². The number of likely N-dealkylation sites (N-methyl/N-ethyl adjacent to an activating group) is 1. The van der Waals surface area contributed by atoms with Crippen LogP contribution < -0.4 is 5.32 Å². The zero-order valence-corrected chi connectivity index (χ0v) is 17.2. The lowest BCUT2D eigenvalue weighted by Gasteiger charge is -2.22. The standard InChI is InChI=1S/C23H30N4O/c1-17-21(15-18(16-24)23(28)25-19-9-5-4-6-10-19)20-11-7-8-12-22(20)27(17)14-13-26(2)3/h7-8,11-12,15,19H,4-6,9-10,13-14H2,1-3H3,(H,25,28). The number of amides is 1. The Morgan fingerprint density at radius 3 is 2.68 bits per heavy atom. The molecule has 5 heteroatoms. The van der Waals surface area contributed by atoms with Crippen LogP contribution in [0.15, 0.2) is 29.8 Å². The van der Waals surface area contributed by atoms with Gasteiger partial charge >= 0.3 is 0 Å². The number of nitrogens with one attached hydrogen (secondary N) is 1. The van der Waals surface area contributed by atoms with Crippen molar-refractivity contribution in [1.29, 1.82) is 5.26 Å². The van der Waals surface area contributed by atoms with Crippen LogP contribution in [0.25, 0.3) is 17.0 Å². The third kappa shape index (κ3) is 4.45. The maximum Gasteiger partial charge on any atom is 0.262 e. The fourth-order valence-corrected chi connectivity index (χ4v) is 4.03. The van der Waals surface area contributed by atoms with E-state index in [9.17, 15) is 10.1 Å². The maximum absolute atomic E-state index is 12.7. The summed E-state index contributed by atoms with van der Waals surface area (Å²) >= 11 is 0. The van der Waals surface area contributed by atoms with Crippen molar-refractivity contribution in [2.75, 3.05) is 20.6 Å². The molecule has 2 aromatic rings. The van der Waals surface area contributed by atoms with Gasteiger partial charge in [-0.3, -0.25) is 4.79 Å². The van der Waals surface area contributed by atoms with Gasteiger partial charge in [0.05, 0.1) is 0 Å². The number of aromatic nitrogens is 1. The fourth-order valence-electron chi connectivity index (χ4n) is 4.03. The summed E-state index contributed by atoms with van der Waals surface area (Å²) in [6.07, 6.45) is 7.31. The SMILES string of the molecule is Cc1c(C=C(C#N)C(=O)NC2CCCCC2)c2ccccc2n1CCN(C)C. The number of para-hydroxylation sites is 1. The van der Waals surface area contributed by atoms with Crippen LogP contribution in [0.1, 0.15) is 43.4 Å². The first-order valence-corrected chi connectivity index (χ1v) is 10.2. The van der Waals surface area contributed by atoms with Gasteiger partial charge in [0, 0.05) is 41.3 Å². The molecule has 148 valence electrons. The second-order valence-corrected chi connectivity index (χ2v) is 7.95. The van der Waals surface area contributed by atoms with Gasteiger partial charge < -0.3 is 14.8 Å². The number of carbonyl (C=O) groups is 1. The first-order valence-electron chi connectivity index (χ1n) is 10.2. The Hall–Kier alpha value is -2.58. The van der Waals surface area contributed by atoms with Gasteiger partial charge in [0.15, 0.2) is 0 Å². The third-order valence-corrected chi connectivity index (χ3v) is 5.64. The van der Waals surface area contributed by atoms with Crippen LogP contribution in [0.3, 0.4) is 0 Å². The average Bonchev–Trinajstić information content (AvgIpc) is 2.96. The molecule has 0 atom stereocenters. The predicted octanol–water partition coefficient (Wildman–Crippen LogP) is 3.87. The second-order valence-electron chi connectivity index (χ2n) is 7.95. The molecule has 1 aliphatic carbocycles. The Labute approximate surface area is 167 Å². The lowest BCUT2D eigenvalue weighted by Crippen LogP contribution is -2.36. The highest BCUT2D eigenvalue weighted by Crippen LogP contribution is 2.28. The molecule has 1 aromatic carbocycles. The summed E-state index contributed by atoms with van der Waals surface area (Å²) in [5.41, 5.74) is 3.37. The highest BCUT2D eigenvalue weighted by molar-refractivity contribution is 6.04. The summed E-state index contributed by atoms with van der Waals surface area (Å²) in [5.74, 6) is -0.251. The van der Waals surface area contributed by atoms with Gasteiger partial charge in [-0.15, -0.1) is 0 Å². The van der Waals surface area contributed by atoms with Gasteiger partial charge in [-0.25, -0.2) is 0 Å². The van der Waals surface area contributed by atoms with Crippen molar-refractivity contribution in [2.45, 2.75) is 51.6 Å². The normalized spacial score (nSPS) is 15.8. The number of hydrogen-bond donors (Lipinski definition) is 1. The van der Waals surface area contributed by atoms with E-state index in [0.29, 0.717) is 0 Å². The summed E-state index contributed by atoms with van der Waals surface area (Å²) in [6.45, 7) is 3.86. The van der Waals surface area contributed by atoms with E-state index < -0.39 is 0 Å². The molecule has 0 bridgehead atoms. The smallest absolute Gasteiger partial charge is 0.262 e. The first kappa shape index (κ1) is 20.2. The number of carbonyl (C=O) groups excluding carboxylic acids is 1. The summed E-state index contributed by atoms with van der Waals surface area (Å²) in [6, 6.07) is 10.5. The Morgan fingerprint density at radius 1 is 1.29 bits per heavy atom. The number of hydrogen-bond acceptors (Lipinski definition) is 3. The molecule has 1 aliphatic rings. The van der Waals surface area contributed by atoms with E-state index in [1.165, 1.54) is 6.42 Å². The third-order valence-electron chi connectivity index (χ3n) is 5.64. The molecule has 3 rings (SSSR count). The predicted molar refractivity (Wildman–Crippen MR) is 114 cm³/mol. The van der Waals surface area contributed by atoms with Crippen LogP contribution >= 0.6 is 0 Å². The van der Waals surface area contributed by atoms with E-state index in [1.807, 2.05) is 12.1 Å². The van der Waals surface area contributed by atoms with Crippen molar-refractivity contribution in [3.05, 3.63) is 41.1 Å². The van der Waals surface area contributed by atoms with Crippen molar-refractivity contribution < 1.29 is 4.79 Å². The molecule has 0 saturated heterocycles. The molecular formula is C23H30N4O. The van der Waals surface area contributed by atoms with Crippen molar-refractivity contribution in [1.82, 2.24) is 14.8 Å². The van der Waals surface area contributed by atoms with E-state index in [2.05, 4.69) is 54.0 Å². The number of fused-ring (bicyclic) bond motifs is 1. The highest BCUT2D eigenvalue weighted by atomic mass is 16.1. The number of nitriles is 1. The monoisotopic (exact) mass is 378 g/mol. The molecule has 28 heavy (non-hydrogen) atoms. The maximum atomic E-state index is 12.7. The van der Waals surface area contributed by atoms with Gasteiger partial charge in [-0.1, -0.05) is 37.5 Å². The Morgan fingerprint density at radius 2 is 2.00 bits per heavy atom. The molecule has 0 spiro atoms. The van der Waals surface area contributed by atoms with Crippen LogP contribution in [0.4, 0.5) is 0 Å². The average molecular weight is 379 g/mol. The van der Waals surface area contributed by atoms with E-state index in [1.54, 1.807) is 6.08 Å². The lowest BCUT2D eigenvalue weighted by molar-refractivity contribution is -0.117. The number of rotatable bonds is 6. The Bertz CT molecular complexity index is 911. The molecule has 0 aliphatic heterocycles. The van der Waals surface area contributed by atoms with E-state index in [-0.39, 0.29) is 17.5 Å². The molecule has 1 fully saturated rings. The molecule has 1 heterocycles. The zero-order chi connectivity index (χ0) is 20.1. The Balaban J connectivity index is 1.93. The molecule has 0 radical (unpaired) electrons. The minimum atomic E-state index is -0.251. The molecule has 1 aromatic heterocycles. The van der Waals surface area contributed by atoms with Crippen molar-refractivity contribution in [3.8, 4) is 6.07 Å².